The molecule has 2 amide bonds. The Balaban J connectivity index is 1.71. The molecule has 8 nitrogen and oxygen atoms in total. The quantitative estimate of drug-likeness (QED) is 0.253. The average molecular weight is 633 g/mol. The standard InChI is InChI=1S/C36H48N4O4S/c1-24(23-35(2,3)37)19-32(42)39(5)31(21-25-12-13-26-9-6-7-10-27(26)20-25)33(43)36(4,38)30(22-29-11-8-18-45-29)34(44)40-16-14-28(41)15-17-40/h6-13,18-20,28,30-31,41H,14-17,21-23,37-38H2,1-5H3/b24-19+/t30-,31-,36?/m1/s1. The van der Waals surface area contributed by atoms with Gasteiger partial charge in [0.25, 0.3) is 0 Å². The lowest BCUT2D eigenvalue weighted by atomic mass is 9.75. The first-order valence-electron chi connectivity index (χ1n) is 15.7. The van der Waals surface area contributed by atoms with Crippen molar-refractivity contribution in [1.29, 1.82) is 0 Å². The van der Waals surface area contributed by atoms with Gasteiger partial charge in [-0.3, -0.25) is 14.4 Å². The van der Waals surface area contributed by atoms with Gasteiger partial charge in [-0.1, -0.05) is 54.1 Å². The second-order valence-electron chi connectivity index (χ2n) is 13.5. The van der Waals surface area contributed by atoms with E-state index in [1.165, 1.54) is 22.3 Å². The number of aliphatic hydroxyl groups is 1. The van der Waals surface area contributed by atoms with Crippen LogP contribution in [0.25, 0.3) is 10.8 Å². The number of amides is 2. The first-order chi connectivity index (χ1) is 21.2. The van der Waals surface area contributed by atoms with Crippen LogP contribution in [-0.4, -0.2) is 75.9 Å². The van der Waals surface area contributed by atoms with Gasteiger partial charge < -0.3 is 26.4 Å². The fourth-order valence-electron chi connectivity index (χ4n) is 6.25. The second-order valence-corrected chi connectivity index (χ2v) is 14.6. The van der Waals surface area contributed by atoms with Gasteiger partial charge >= 0.3 is 0 Å². The number of likely N-dealkylation sites (N-methyl/N-ethyl adjacent to an activating group) is 1. The van der Waals surface area contributed by atoms with E-state index in [-0.39, 0.29) is 24.0 Å². The zero-order valence-electron chi connectivity index (χ0n) is 27.2. The summed E-state index contributed by atoms with van der Waals surface area (Å²) >= 11 is 1.52. The molecule has 1 aromatic heterocycles. The molecule has 0 radical (unpaired) electrons. The first kappa shape index (κ1) is 34.5. The van der Waals surface area contributed by atoms with Crippen LogP contribution in [0.2, 0.25) is 0 Å². The Hall–Kier alpha value is -3.37. The molecule has 2 heterocycles. The number of carbonyl (C=O) groups is 3. The molecule has 45 heavy (non-hydrogen) atoms. The van der Waals surface area contributed by atoms with Crippen molar-refractivity contribution in [2.45, 2.75) is 83.0 Å². The minimum Gasteiger partial charge on any atom is -0.393 e. The summed E-state index contributed by atoms with van der Waals surface area (Å²) < 4.78 is 0. The fraction of sp³-hybridized carbons (Fsp3) is 0.472. The van der Waals surface area contributed by atoms with E-state index in [2.05, 4.69) is 0 Å². The van der Waals surface area contributed by atoms with Crippen molar-refractivity contribution in [3.63, 3.8) is 0 Å². The topological polar surface area (TPSA) is 130 Å². The molecule has 1 fully saturated rings. The molecule has 3 aromatic rings. The van der Waals surface area contributed by atoms with Gasteiger partial charge in [-0.2, -0.15) is 0 Å². The van der Waals surface area contributed by atoms with Crippen molar-refractivity contribution in [2.75, 3.05) is 20.1 Å². The van der Waals surface area contributed by atoms with Crippen LogP contribution < -0.4 is 11.5 Å². The van der Waals surface area contributed by atoms with Crippen LogP contribution >= 0.6 is 11.3 Å². The molecule has 4 rings (SSSR count). The minimum absolute atomic E-state index is 0.201. The van der Waals surface area contributed by atoms with E-state index in [4.69, 9.17) is 11.5 Å². The molecule has 5 N–H and O–H groups in total. The maximum Gasteiger partial charge on any atom is 0.246 e. The molecule has 3 atom stereocenters. The average Bonchev–Trinajstić information content (AvgIpc) is 3.50. The molecule has 242 valence electrons. The molecular weight excluding hydrogens is 584 g/mol. The normalized spacial score (nSPS) is 17.5. The lowest BCUT2D eigenvalue weighted by Crippen LogP contribution is -2.63. The number of hydrogen-bond donors (Lipinski definition) is 3. The molecular formula is C36H48N4O4S. The number of fused-ring (bicyclic) bond motifs is 1. The zero-order chi connectivity index (χ0) is 32.9. The second kappa shape index (κ2) is 14.4. The van der Waals surface area contributed by atoms with Gasteiger partial charge in [-0.05, 0) is 81.2 Å². The number of nitrogens with zero attached hydrogens (tertiary/aromatic N) is 2. The van der Waals surface area contributed by atoms with Crippen molar-refractivity contribution in [1.82, 2.24) is 9.80 Å². The largest absolute Gasteiger partial charge is 0.393 e. The van der Waals surface area contributed by atoms with E-state index < -0.39 is 29.1 Å². The molecule has 1 aliphatic heterocycles. The number of aliphatic hydroxyl groups excluding tert-OH is 1. The molecule has 1 aliphatic rings. The SMILES string of the molecule is C/C(=C\C(=O)N(C)[C@H](Cc1ccc2ccccc2c1)C(=O)C(C)(N)[C@H](Cc1cccs1)C(=O)N1CCC(O)CC1)CC(C)(C)N. The lowest BCUT2D eigenvalue weighted by molar-refractivity contribution is -0.146. The summed E-state index contributed by atoms with van der Waals surface area (Å²) in [6, 6.07) is 16.9. The maximum absolute atomic E-state index is 14.7. The van der Waals surface area contributed by atoms with Crippen LogP contribution in [0.15, 0.2) is 71.6 Å². The monoisotopic (exact) mass is 632 g/mol. The van der Waals surface area contributed by atoms with Crippen LogP contribution in [-0.2, 0) is 27.2 Å². The highest BCUT2D eigenvalue weighted by Crippen LogP contribution is 2.30. The number of Topliss-reactive ketones (excluding diaryl/α,β-unsaturated/α-hetero) is 1. The third-order valence-electron chi connectivity index (χ3n) is 8.78. The summed E-state index contributed by atoms with van der Waals surface area (Å²) in [7, 11) is 1.63. The summed E-state index contributed by atoms with van der Waals surface area (Å²) in [5.74, 6) is -1.74. The Kier molecular flexibility index (Phi) is 11.0. The number of carbonyl (C=O) groups excluding carboxylic acids is 3. The van der Waals surface area contributed by atoms with Crippen LogP contribution in [0.1, 0.15) is 57.4 Å². The summed E-state index contributed by atoms with van der Waals surface area (Å²) in [4.78, 5) is 46.6. The smallest absolute Gasteiger partial charge is 0.246 e. The summed E-state index contributed by atoms with van der Waals surface area (Å²) in [6.07, 6.45) is 3.13. The number of hydrogen-bond acceptors (Lipinski definition) is 7. The Bertz CT molecular complexity index is 1520. The molecule has 1 unspecified atom stereocenters. The maximum atomic E-state index is 14.7. The van der Waals surface area contributed by atoms with Crippen molar-refractivity contribution in [2.24, 2.45) is 17.4 Å². The highest BCUT2D eigenvalue weighted by molar-refractivity contribution is 7.09. The Labute approximate surface area is 271 Å². The molecule has 0 saturated carbocycles. The highest BCUT2D eigenvalue weighted by atomic mass is 32.1. The zero-order valence-corrected chi connectivity index (χ0v) is 28.0. The Morgan fingerprint density at radius 3 is 2.31 bits per heavy atom. The number of rotatable bonds is 12. The van der Waals surface area contributed by atoms with Crippen molar-refractivity contribution >= 4 is 39.7 Å². The van der Waals surface area contributed by atoms with E-state index in [1.807, 2.05) is 80.7 Å². The molecule has 9 heteroatoms. The van der Waals surface area contributed by atoms with E-state index in [9.17, 15) is 19.5 Å². The predicted molar refractivity (Wildman–Crippen MR) is 182 cm³/mol. The molecule has 1 saturated heterocycles. The number of thiophene rings is 1. The number of ketones is 1. The fourth-order valence-corrected chi connectivity index (χ4v) is 7.01. The molecule has 0 aliphatic carbocycles. The number of benzene rings is 2. The van der Waals surface area contributed by atoms with Gasteiger partial charge in [0, 0.05) is 43.1 Å². The van der Waals surface area contributed by atoms with E-state index in [0.29, 0.717) is 38.8 Å². The van der Waals surface area contributed by atoms with Crippen molar-refractivity contribution in [3.8, 4) is 0 Å². The van der Waals surface area contributed by atoms with Gasteiger partial charge in [0.05, 0.1) is 23.6 Å². The van der Waals surface area contributed by atoms with Gasteiger partial charge in [0.2, 0.25) is 11.8 Å². The summed E-state index contributed by atoms with van der Waals surface area (Å²) in [6.45, 7) is 8.11. The number of nitrogens with two attached hydrogens (primary N) is 2. The van der Waals surface area contributed by atoms with Crippen LogP contribution in [0, 0.1) is 5.92 Å². The van der Waals surface area contributed by atoms with Gasteiger partial charge in [-0.15, -0.1) is 11.3 Å². The minimum atomic E-state index is -1.59. The van der Waals surface area contributed by atoms with Crippen LogP contribution in [0.5, 0.6) is 0 Å². The highest BCUT2D eigenvalue weighted by Gasteiger charge is 2.47. The van der Waals surface area contributed by atoms with E-state index in [0.717, 1.165) is 26.8 Å². The van der Waals surface area contributed by atoms with Crippen LogP contribution in [0.4, 0.5) is 0 Å². The van der Waals surface area contributed by atoms with Gasteiger partial charge in [-0.25, -0.2) is 0 Å². The number of likely N-dealkylation sites (tertiary alicyclic amines) is 1. The third-order valence-corrected chi connectivity index (χ3v) is 9.68. The first-order valence-corrected chi connectivity index (χ1v) is 16.6. The third kappa shape index (κ3) is 8.88. The summed E-state index contributed by atoms with van der Waals surface area (Å²) in [5.41, 5.74) is 12.8. The predicted octanol–water partition coefficient (Wildman–Crippen LogP) is 4.47. The lowest BCUT2D eigenvalue weighted by Gasteiger charge is -2.40. The van der Waals surface area contributed by atoms with E-state index in [1.54, 1.807) is 18.9 Å². The molecule has 2 aromatic carbocycles. The molecule has 0 bridgehead atoms. The van der Waals surface area contributed by atoms with Gasteiger partial charge in [0.1, 0.15) is 0 Å². The van der Waals surface area contributed by atoms with Gasteiger partial charge in [0.15, 0.2) is 5.78 Å². The van der Waals surface area contributed by atoms with Crippen molar-refractivity contribution < 1.29 is 19.5 Å². The Morgan fingerprint density at radius 2 is 1.69 bits per heavy atom. The number of piperidine rings is 1. The summed E-state index contributed by atoms with van der Waals surface area (Å²) in [5, 5.41) is 14.1. The molecule has 0 spiro atoms. The van der Waals surface area contributed by atoms with Crippen LogP contribution in [0.3, 0.4) is 0 Å². The van der Waals surface area contributed by atoms with E-state index >= 15 is 0 Å². The van der Waals surface area contributed by atoms with Crippen molar-refractivity contribution in [3.05, 3.63) is 82.1 Å². The Morgan fingerprint density at radius 1 is 1.02 bits per heavy atom.